The summed E-state index contributed by atoms with van der Waals surface area (Å²) in [6.45, 7) is 7.43. The molecular weight excluding hydrogens is 298 g/mol. The third-order valence-corrected chi connectivity index (χ3v) is 4.54. The predicted octanol–water partition coefficient (Wildman–Crippen LogP) is 5.45. The molecule has 0 rings (SSSR count). The van der Waals surface area contributed by atoms with Crippen molar-refractivity contribution in [1.29, 1.82) is 0 Å². The molecule has 146 valence electrons. The predicted molar refractivity (Wildman–Crippen MR) is 106 cm³/mol. The fourth-order valence-corrected chi connectivity index (χ4v) is 2.92. The third kappa shape index (κ3) is 19.9. The van der Waals surface area contributed by atoms with Crippen molar-refractivity contribution in [2.24, 2.45) is 0 Å². The molecule has 1 unspecified atom stereocenters. The molecule has 0 aliphatic carbocycles. The molecule has 0 fully saturated rings. The molecule has 2 N–H and O–H groups in total. The first-order chi connectivity index (χ1) is 11.8. The van der Waals surface area contributed by atoms with Crippen LogP contribution < -0.4 is 5.32 Å². The van der Waals surface area contributed by atoms with E-state index in [1.807, 2.05) is 0 Å². The molecule has 0 radical (unpaired) electrons. The van der Waals surface area contributed by atoms with Crippen LogP contribution in [0.3, 0.4) is 0 Å². The van der Waals surface area contributed by atoms with Gasteiger partial charge in [0.25, 0.3) is 0 Å². The van der Waals surface area contributed by atoms with Gasteiger partial charge < -0.3 is 15.2 Å². The molecular formula is C21H45NO2. The number of aliphatic hydroxyl groups is 1. The second-order valence-corrected chi connectivity index (χ2v) is 7.18. The van der Waals surface area contributed by atoms with E-state index < -0.39 is 0 Å². The molecule has 0 spiro atoms. The van der Waals surface area contributed by atoms with Crippen LogP contribution in [-0.4, -0.2) is 37.5 Å². The van der Waals surface area contributed by atoms with Crippen LogP contribution in [0.4, 0.5) is 0 Å². The first kappa shape index (κ1) is 23.9. The molecule has 0 aromatic carbocycles. The molecule has 0 saturated carbocycles. The summed E-state index contributed by atoms with van der Waals surface area (Å²) in [5, 5.41) is 13.1. The first-order valence-electron chi connectivity index (χ1n) is 10.8. The molecule has 0 amide bonds. The van der Waals surface area contributed by atoms with Crippen LogP contribution in [0.15, 0.2) is 0 Å². The minimum Gasteiger partial charge on any atom is -0.389 e. The minimum absolute atomic E-state index is 0.362. The average molecular weight is 344 g/mol. The minimum atomic E-state index is -0.362. The zero-order chi connectivity index (χ0) is 17.7. The molecule has 3 heteroatoms. The van der Waals surface area contributed by atoms with Gasteiger partial charge in [0.05, 0.1) is 12.7 Å². The summed E-state index contributed by atoms with van der Waals surface area (Å²) in [5.41, 5.74) is 0. The van der Waals surface area contributed by atoms with Crippen molar-refractivity contribution in [3.63, 3.8) is 0 Å². The number of aliphatic hydroxyl groups excluding tert-OH is 1. The Morgan fingerprint density at radius 1 is 0.708 bits per heavy atom. The summed E-state index contributed by atoms with van der Waals surface area (Å²) in [5.74, 6) is 0. The van der Waals surface area contributed by atoms with Crippen molar-refractivity contribution in [3.8, 4) is 0 Å². The maximum absolute atomic E-state index is 9.83. The normalized spacial score (nSPS) is 12.6. The van der Waals surface area contributed by atoms with Crippen LogP contribution >= 0.6 is 0 Å². The maximum Gasteiger partial charge on any atom is 0.0897 e. The van der Waals surface area contributed by atoms with E-state index in [9.17, 15) is 5.11 Å². The Labute approximate surface area is 151 Å². The van der Waals surface area contributed by atoms with Gasteiger partial charge >= 0.3 is 0 Å². The van der Waals surface area contributed by atoms with E-state index in [1.54, 1.807) is 0 Å². The van der Waals surface area contributed by atoms with E-state index in [2.05, 4.69) is 19.2 Å². The fourth-order valence-electron chi connectivity index (χ4n) is 2.92. The van der Waals surface area contributed by atoms with Gasteiger partial charge in [-0.3, -0.25) is 0 Å². The molecule has 24 heavy (non-hydrogen) atoms. The van der Waals surface area contributed by atoms with Gasteiger partial charge in [0.15, 0.2) is 0 Å². The highest BCUT2D eigenvalue weighted by Crippen LogP contribution is 2.10. The highest BCUT2D eigenvalue weighted by molar-refractivity contribution is 4.58. The van der Waals surface area contributed by atoms with Crippen molar-refractivity contribution in [3.05, 3.63) is 0 Å². The Morgan fingerprint density at radius 3 is 1.79 bits per heavy atom. The van der Waals surface area contributed by atoms with Gasteiger partial charge in [-0.1, -0.05) is 90.9 Å². The quantitative estimate of drug-likeness (QED) is 0.289. The van der Waals surface area contributed by atoms with Crippen molar-refractivity contribution < 1.29 is 9.84 Å². The third-order valence-electron chi connectivity index (χ3n) is 4.54. The number of ether oxygens (including phenoxy) is 1. The van der Waals surface area contributed by atoms with Crippen LogP contribution in [0.2, 0.25) is 0 Å². The van der Waals surface area contributed by atoms with Gasteiger partial charge in [0.2, 0.25) is 0 Å². The molecule has 0 heterocycles. The van der Waals surface area contributed by atoms with Gasteiger partial charge in [-0.25, -0.2) is 0 Å². The fraction of sp³-hybridized carbons (Fsp3) is 1.00. The Balaban J connectivity index is 3.10. The van der Waals surface area contributed by atoms with E-state index >= 15 is 0 Å². The maximum atomic E-state index is 9.83. The standard InChI is InChI=1S/C21H45NO2/c1-3-5-7-9-10-11-12-13-14-16-18-24-20-21(23)19-22-17-15-8-6-4-2/h21-23H,3-20H2,1-2H3. The molecule has 0 aliphatic rings. The van der Waals surface area contributed by atoms with Crippen LogP contribution in [0.1, 0.15) is 104 Å². The van der Waals surface area contributed by atoms with Crippen LogP contribution in [-0.2, 0) is 4.74 Å². The second-order valence-electron chi connectivity index (χ2n) is 7.18. The Kier molecular flexibility index (Phi) is 20.8. The number of nitrogens with one attached hydrogen (secondary N) is 1. The molecule has 0 aromatic rings. The van der Waals surface area contributed by atoms with Crippen LogP contribution in [0, 0.1) is 0 Å². The topological polar surface area (TPSA) is 41.5 Å². The largest absolute Gasteiger partial charge is 0.389 e. The first-order valence-corrected chi connectivity index (χ1v) is 10.8. The summed E-state index contributed by atoms with van der Waals surface area (Å²) in [6, 6.07) is 0. The van der Waals surface area contributed by atoms with Gasteiger partial charge in [0.1, 0.15) is 0 Å². The Morgan fingerprint density at radius 2 is 1.21 bits per heavy atom. The highest BCUT2D eigenvalue weighted by Gasteiger charge is 2.03. The van der Waals surface area contributed by atoms with Gasteiger partial charge in [0, 0.05) is 13.2 Å². The number of hydrogen-bond donors (Lipinski definition) is 2. The summed E-state index contributed by atoms with van der Waals surface area (Å²) in [4.78, 5) is 0. The van der Waals surface area contributed by atoms with E-state index in [1.165, 1.54) is 83.5 Å². The number of rotatable bonds is 20. The van der Waals surface area contributed by atoms with Crippen molar-refractivity contribution in [2.45, 2.75) is 110 Å². The van der Waals surface area contributed by atoms with E-state index in [-0.39, 0.29) is 6.10 Å². The lowest BCUT2D eigenvalue weighted by atomic mass is 10.1. The molecule has 3 nitrogen and oxygen atoms in total. The van der Waals surface area contributed by atoms with E-state index in [4.69, 9.17) is 4.74 Å². The molecule has 1 atom stereocenters. The van der Waals surface area contributed by atoms with Crippen molar-refractivity contribution in [2.75, 3.05) is 26.3 Å². The van der Waals surface area contributed by atoms with Gasteiger partial charge in [-0.2, -0.15) is 0 Å². The van der Waals surface area contributed by atoms with Crippen LogP contribution in [0.25, 0.3) is 0 Å². The molecule has 0 bridgehead atoms. The second kappa shape index (κ2) is 20.9. The summed E-state index contributed by atoms with van der Waals surface area (Å²) >= 11 is 0. The zero-order valence-electron chi connectivity index (χ0n) is 16.7. The van der Waals surface area contributed by atoms with E-state index in [0.717, 1.165) is 19.6 Å². The smallest absolute Gasteiger partial charge is 0.0897 e. The zero-order valence-corrected chi connectivity index (χ0v) is 16.7. The molecule has 0 aromatic heterocycles. The summed E-state index contributed by atoms with van der Waals surface area (Å²) in [7, 11) is 0. The van der Waals surface area contributed by atoms with E-state index in [0.29, 0.717) is 13.2 Å². The lowest BCUT2D eigenvalue weighted by molar-refractivity contribution is 0.0355. The van der Waals surface area contributed by atoms with Gasteiger partial charge in [-0.05, 0) is 19.4 Å². The van der Waals surface area contributed by atoms with Crippen LogP contribution in [0.5, 0.6) is 0 Å². The highest BCUT2D eigenvalue weighted by atomic mass is 16.5. The monoisotopic (exact) mass is 343 g/mol. The Bertz CT molecular complexity index is 224. The molecule has 0 aliphatic heterocycles. The van der Waals surface area contributed by atoms with Gasteiger partial charge in [-0.15, -0.1) is 0 Å². The number of hydrogen-bond acceptors (Lipinski definition) is 3. The van der Waals surface area contributed by atoms with Crippen molar-refractivity contribution >= 4 is 0 Å². The Hall–Kier alpha value is -0.120. The lowest BCUT2D eigenvalue weighted by Crippen LogP contribution is -2.31. The number of unbranched alkanes of at least 4 members (excludes halogenated alkanes) is 12. The SMILES string of the molecule is CCCCCCCCCCCCOCC(O)CNCCCCCC. The summed E-state index contributed by atoms with van der Waals surface area (Å²) in [6.07, 6.45) is 18.2. The average Bonchev–Trinajstić information content (AvgIpc) is 2.59. The molecule has 0 saturated heterocycles. The summed E-state index contributed by atoms with van der Waals surface area (Å²) < 4.78 is 5.57. The lowest BCUT2D eigenvalue weighted by Gasteiger charge is -2.12. The van der Waals surface area contributed by atoms with Crippen molar-refractivity contribution in [1.82, 2.24) is 5.32 Å².